The van der Waals surface area contributed by atoms with Gasteiger partial charge < -0.3 is 9.47 Å². The van der Waals surface area contributed by atoms with Crippen LogP contribution in [0.2, 0.25) is 0 Å². The van der Waals surface area contributed by atoms with Crippen LogP contribution in [-0.4, -0.2) is 22.2 Å². The smallest absolute Gasteiger partial charge is 0.373 e. The van der Waals surface area contributed by atoms with Gasteiger partial charge in [0, 0.05) is 9.65 Å². The maximum Gasteiger partial charge on any atom is 0.373 e. The van der Waals surface area contributed by atoms with E-state index in [1.54, 1.807) is 6.92 Å². The number of benzene rings is 1. The molecular weight excluding hydrogens is 484 g/mol. The van der Waals surface area contributed by atoms with Crippen molar-refractivity contribution >= 4 is 37.8 Å². The Labute approximate surface area is 187 Å². The van der Waals surface area contributed by atoms with Crippen LogP contribution in [0.3, 0.4) is 0 Å². The van der Waals surface area contributed by atoms with Gasteiger partial charge in [0.25, 0.3) is 0 Å². The number of hydrogen-bond acceptors (Lipinski definition) is 3. The molecule has 0 spiro atoms. The molecule has 1 aromatic rings. The summed E-state index contributed by atoms with van der Waals surface area (Å²) in [6.45, 7) is 7.92. The van der Waals surface area contributed by atoms with E-state index in [1.807, 2.05) is 24.3 Å². The fourth-order valence-corrected chi connectivity index (χ4v) is 4.29. The van der Waals surface area contributed by atoms with Gasteiger partial charge in [0.2, 0.25) is 5.76 Å². The van der Waals surface area contributed by atoms with E-state index in [-0.39, 0.29) is 5.76 Å². The second-order valence-corrected chi connectivity index (χ2v) is 9.66. The standard InChI is InChI=1S/C23H34Br2O3/c1-4-6-7-8-10-20(24)11-9-12-21(25)17-19-13-15-22(16-14-19)28-18(3)23(26)27-5-2/h13-16,20-21H,3-12,17H2,1-2H3. The van der Waals surface area contributed by atoms with Crippen LogP contribution >= 0.6 is 31.9 Å². The van der Waals surface area contributed by atoms with Gasteiger partial charge in [-0.15, -0.1) is 0 Å². The monoisotopic (exact) mass is 516 g/mol. The summed E-state index contributed by atoms with van der Waals surface area (Å²) in [5.41, 5.74) is 1.24. The Morgan fingerprint density at radius 2 is 1.61 bits per heavy atom. The van der Waals surface area contributed by atoms with E-state index >= 15 is 0 Å². The molecule has 28 heavy (non-hydrogen) atoms. The Morgan fingerprint density at radius 3 is 2.25 bits per heavy atom. The summed E-state index contributed by atoms with van der Waals surface area (Å²) in [6, 6.07) is 7.79. The summed E-state index contributed by atoms with van der Waals surface area (Å²) in [5, 5.41) is 0. The van der Waals surface area contributed by atoms with E-state index in [0.29, 0.717) is 22.0 Å². The van der Waals surface area contributed by atoms with Crippen molar-refractivity contribution in [2.45, 2.75) is 81.3 Å². The average Bonchev–Trinajstić information content (AvgIpc) is 2.67. The number of hydrogen-bond donors (Lipinski definition) is 0. The topological polar surface area (TPSA) is 35.5 Å². The zero-order chi connectivity index (χ0) is 20.8. The lowest BCUT2D eigenvalue weighted by Crippen LogP contribution is -2.11. The molecule has 0 saturated carbocycles. The zero-order valence-electron chi connectivity index (χ0n) is 17.2. The van der Waals surface area contributed by atoms with Crippen LogP contribution in [0.25, 0.3) is 0 Å². The first-order valence-corrected chi connectivity index (χ1v) is 12.2. The van der Waals surface area contributed by atoms with Gasteiger partial charge in [-0.25, -0.2) is 4.79 Å². The number of halogens is 2. The van der Waals surface area contributed by atoms with Crippen LogP contribution in [-0.2, 0) is 16.0 Å². The lowest BCUT2D eigenvalue weighted by Gasteiger charge is -2.13. The van der Waals surface area contributed by atoms with Crippen LogP contribution in [0, 0.1) is 0 Å². The van der Waals surface area contributed by atoms with E-state index in [4.69, 9.17) is 9.47 Å². The molecule has 0 bridgehead atoms. The number of alkyl halides is 2. The molecule has 0 N–H and O–H groups in total. The lowest BCUT2D eigenvalue weighted by molar-refractivity contribution is -0.140. The molecule has 0 aliphatic rings. The first-order chi connectivity index (χ1) is 13.5. The molecule has 0 fully saturated rings. The van der Waals surface area contributed by atoms with Crippen molar-refractivity contribution in [3.8, 4) is 5.75 Å². The minimum Gasteiger partial charge on any atom is -0.460 e. The summed E-state index contributed by atoms with van der Waals surface area (Å²) in [6.07, 6.45) is 11.2. The van der Waals surface area contributed by atoms with E-state index in [9.17, 15) is 4.79 Å². The predicted octanol–water partition coefficient (Wildman–Crippen LogP) is 7.35. The van der Waals surface area contributed by atoms with Crippen molar-refractivity contribution in [3.05, 3.63) is 42.2 Å². The molecule has 0 radical (unpaired) electrons. The van der Waals surface area contributed by atoms with Crippen molar-refractivity contribution in [2.75, 3.05) is 6.61 Å². The number of esters is 1. The third kappa shape index (κ3) is 11.3. The van der Waals surface area contributed by atoms with Crippen LogP contribution in [0.5, 0.6) is 5.75 Å². The molecule has 5 heteroatoms. The van der Waals surface area contributed by atoms with Gasteiger partial charge in [-0.2, -0.15) is 0 Å². The predicted molar refractivity (Wildman–Crippen MR) is 125 cm³/mol. The molecule has 0 amide bonds. The fourth-order valence-electron chi connectivity index (χ4n) is 2.94. The highest BCUT2D eigenvalue weighted by molar-refractivity contribution is 9.09. The summed E-state index contributed by atoms with van der Waals surface area (Å²) in [4.78, 5) is 12.7. The van der Waals surface area contributed by atoms with Gasteiger partial charge in [0.05, 0.1) is 6.61 Å². The molecule has 0 saturated heterocycles. The third-order valence-electron chi connectivity index (χ3n) is 4.53. The van der Waals surface area contributed by atoms with Crippen LogP contribution in [0.15, 0.2) is 36.6 Å². The SMILES string of the molecule is C=C(Oc1ccc(CC(Br)CCCC(Br)CCCCCC)cc1)C(=O)OCC. The lowest BCUT2D eigenvalue weighted by atomic mass is 10.0. The Balaban J connectivity index is 2.28. The van der Waals surface area contributed by atoms with Gasteiger partial charge in [-0.05, 0) is 56.9 Å². The van der Waals surface area contributed by atoms with Crippen LogP contribution in [0.1, 0.15) is 70.8 Å². The van der Waals surface area contributed by atoms with Crippen LogP contribution in [0.4, 0.5) is 0 Å². The summed E-state index contributed by atoms with van der Waals surface area (Å²) in [7, 11) is 0. The number of carbonyl (C=O) groups is 1. The van der Waals surface area contributed by atoms with Gasteiger partial charge in [0.1, 0.15) is 5.75 Å². The van der Waals surface area contributed by atoms with Gasteiger partial charge in [-0.3, -0.25) is 0 Å². The number of unbranched alkanes of at least 4 members (excludes halogenated alkanes) is 3. The van der Waals surface area contributed by atoms with Gasteiger partial charge in [0.15, 0.2) is 0 Å². The number of carbonyl (C=O) groups excluding carboxylic acids is 1. The highest BCUT2D eigenvalue weighted by Gasteiger charge is 2.11. The molecule has 0 heterocycles. The first-order valence-electron chi connectivity index (χ1n) is 10.4. The van der Waals surface area contributed by atoms with Crippen molar-refractivity contribution < 1.29 is 14.3 Å². The van der Waals surface area contributed by atoms with Crippen molar-refractivity contribution in [3.63, 3.8) is 0 Å². The largest absolute Gasteiger partial charge is 0.460 e. The van der Waals surface area contributed by atoms with E-state index in [0.717, 1.165) is 12.8 Å². The molecule has 1 aromatic carbocycles. The minimum atomic E-state index is -0.525. The van der Waals surface area contributed by atoms with Gasteiger partial charge in [-0.1, -0.05) is 83.0 Å². The molecular formula is C23H34Br2O3. The highest BCUT2D eigenvalue weighted by atomic mass is 79.9. The Bertz CT molecular complexity index is 572. The highest BCUT2D eigenvalue weighted by Crippen LogP contribution is 2.23. The first kappa shape index (κ1) is 25.2. The number of rotatable bonds is 15. The second-order valence-electron chi connectivity index (χ2n) is 7.07. The molecule has 1 rings (SSSR count). The van der Waals surface area contributed by atoms with Crippen molar-refractivity contribution in [1.29, 1.82) is 0 Å². The Morgan fingerprint density at radius 1 is 0.964 bits per heavy atom. The summed E-state index contributed by atoms with van der Waals surface area (Å²) < 4.78 is 10.3. The maximum absolute atomic E-state index is 11.5. The quantitative estimate of drug-likeness (QED) is 0.0801. The molecule has 3 nitrogen and oxygen atoms in total. The third-order valence-corrected chi connectivity index (χ3v) is 6.23. The van der Waals surface area contributed by atoms with Crippen molar-refractivity contribution in [2.24, 2.45) is 0 Å². The second kappa shape index (κ2) is 15.1. The fraction of sp³-hybridized carbons (Fsp3) is 0.609. The normalized spacial score (nSPS) is 13.0. The molecule has 0 aliphatic heterocycles. The summed E-state index contributed by atoms with van der Waals surface area (Å²) >= 11 is 7.64. The Hall–Kier alpha value is -0.810. The average molecular weight is 518 g/mol. The van der Waals surface area contributed by atoms with Gasteiger partial charge >= 0.3 is 5.97 Å². The maximum atomic E-state index is 11.5. The molecule has 0 aliphatic carbocycles. The van der Waals surface area contributed by atoms with Crippen LogP contribution < -0.4 is 4.74 Å². The van der Waals surface area contributed by atoms with E-state index < -0.39 is 5.97 Å². The number of ether oxygens (including phenoxy) is 2. The molecule has 0 aromatic heterocycles. The molecule has 158 valence electrons. The minimum absolute atomic E-state index is 0.00647. The van der Waals surface area contributed by atoms with E-state index in [1.165, 1.54) is 50.5 Å². The molecule has 2 atom stereocenters. The van der Waals surface area contributed by atoms with Crippen molar-refractivity contribution in [1.82, 2.24) is 0 Å². The van der Waals surface area contributed by atoms with E-state index in [2.05, 4.69) is 45.4 Å². The summed E-state index contributed by atoms with van der Waals surface area (Å²) in [5.74, 6) is 0.0766. The Kier molecular flexibility index (Phi) is 13.6. The molecule has 2 unspecified atom stereocenters. The zero-order valence-corrected chi connectivity index (χ0v) is 20.4.